The molecule has 100 valence electrons. The molecule has 2 rings (SSSR count). The molecule has 1 heterocycles. The predicted molar refractivity (Wildman–Crippen MR) is 79.8 cm³/mol. The molecule has 0 unspecified atom stereocenters. The third kappa shape index (κ3) is 3.52. The van der Waals surface area contributed by atoms with Gasteiger partial charge in [-0.25, -0.2) is 9.97 Å². The van der Waals surface area contributed by atoms with Gasteiger partial charge in [0.1, 0.15) is 16.7 Å². The SMILES string of the molecule is COc1ccc(Nc2cc(Cl)nc(SC)n2)cc1C. The quantitative estimate of drug-likeness (QED) is 0.526. The fourth-order valence-corrected chi connectivity index (χ4v) is 2.27. The van der Waals surface area contributed by atoms with Crippen LogP contribution in [0, 0.1) is 6.92 Å². The maximum absolute atomic E-state index is 5.95. The van der Waals surface area contributed by atoms with Crippen LogP contribution in [0.3, 0.4) is 0 Å². The lowest BCUT2D eigenvalue weighted by Gasteiger charge is -2.10. The highest BCUT2D eigenvalue weighted by Gasteiger charge is 2.04. The van der Waals surface area contributed by atoms with Crippen LogP contribution in [0.4, 0.5) is 11.5 Å². The number of ether oxygens (including phenoxy) is 1. The summed E-state index contributed by atoms with van der Waals surface area (Å²) in [6.07, 6.45) is 1.91. The van der Waals surface area contributed by atoms with E-state index in [0.29, 0.717) is 16.1 Å². The number of halogens is 1. The normalized spacial score (nSPS) is 10.3. The number of aryl methyl sites for hydroxylation is 1. The number of anilines is 2. The fourth-order valence-electron chi connectivity index (χ4n) is 1.66. The van der Waals surface area contributed by atoms with Gasteiger partial charge >= 0.3 is 0 Å². The van der Waals surface area contributed by atoms with Crippen LogP contribution in [-0.4, -0.2) is 23.3 Å². The second-order valence-electron chi connectivity index (χ2n) is 3.87. The number of thioether (sulfide) groups is 1. The molecule has 1 aromatic carbocycles. The molecule has 0 radical (unpaired) electrons. The summed E-state index contributed by atoms with van der Waals surface area (Å²) in [7, 11) is 1.66. The number of nitrogens with zero attached hydrogens (tertiary/aromatic N) is 2. The summed E-state index contributed by atoms with van der Waals surface area (Å²) in [5.41, 5.74) is 1.98. The number of rotatable bonds is 4. The minimum absolute atomic E-state index is 0.423. The smallest absolute Gasteiger partial charge is 0.190 e. The Kier molecular flexibility index (Phi) is 4.50. The molecule has 0 bridgehead atoms. The molecule has 19 heavy (non-hydrogen) atoms. The van der Waals surface area contributed by atoms with Gasteiger partial charge in [-0.1, -0.05) is 23.4 Å². The highest BCUT2D eigenvalue weighted by molar-refractivity contribution is 7.98. The molecule has 0 spiro atoms. The average molecular weight is 296 g/mol. The maximum Gasteiger partial charge on any atom is 0.190 e. The second kappa shape index (κ2) is 6.12. The Morgan fingerprint density at radius 2 is 2.05 bits per heavy atom. The Bertz CT molecular complexity index is 592. The monoisotopic (exact) mass is 295 g/mol. The zero-order valence-corrected chi connectivity index (χ0v) is 12.5. The van der Waals surface area contributed by atoms with E-state index in [1.807, 2.05) is 31.4 Å². The summed E-state index contributed by atoms with van der Waals surface area (Å²) in [6, 6.07) is 7.53. The van der Waals surface area contributed by atoms with E-state index in [4.69, 9.17) is 16.3 Å². The van der Waals surface area contributed by atoms with Crippen LogP contribution in [0.1, 0.15) is 5.56 Å². The zero-order chi connectivity index (χ0) is 13.8. The molecule has 0 atom stereocenters. The predicted octanol–water partition coefficient (Wildman–Crippen LogP) is 3.91. The number of aromatic nitrogens is 2. The van der Waals surface area contributed by atoms with Crippen LogP contribution in [0.2, 0.25) is 5.15 Å². The largest absolute Gasteiger partial charge is 0.496 e. The number of methoxy groups -OCH3 is 1. The van der Waals surface area contributed by atoms with Gasteiger partial charge in [-0.05, 0) is 36.9 Å². The van der Waals surface area contributed by atoms with Gasteiger partial charge in [0.2, 0.25) is 0 Å². The summed E-state index contributed by atoms with van der Waals surface area (Å²) in [5, 5.41) is 4.27. The van der Waals surface area contributed by atoms with Gasteiger partial charge in [-0.2, -0.15) is 0 Å². The molecule has 6 heteroatoms. The molecule has 0 saturated heterocycles. The molecule has 0 aliphatic heterocycles. The van der Waals surface area contributed by atoms with Gasteiger partial charge < -0.3 is 10.1 Å². The van der Waals surface area contributed by atoms with Crippen molar-refractivity contribution in [2.75, 3.05) is 18.7 Å². The first-order valence-electron chi connectivity index (χ1n) is 5.62. The molecule has 0 aliphatic rings. The molecule has 1 aromatic heterocycles. The van der Waals surface area contributed by atoms with Crippen molar-refractivity contribution in [3.05, 3.63) is 35.0 Å². The minimum atomic E-state index is 0.423. The van der Waals surface area contributed by atoms with E-state index in [9.17, 15) is 0 Å². The molecule has 0 saturated carbocycles. The van der Waals surface area contributed by atoms with E-state index >= 15 is 0 Å². The van der Waals surface area contributed by atoms with Crippen molar-refractivity contribution in [1.82, 2.24) is 9.97 Å². The number of benzene rings is 1. The van der Waals surface area contributed by atoms with Gasteiger partial charge in [-0.15, -0.1) is 0 Å². The first kappa shape index (κ1) is 14.0. The van der Waals surface area contributed by atoms with Crippen LogP contribution >= 0.6 is 23.4 Å². The third-order valence-electron chi connectivity index (χ3n) is 2.52. The molecular formula is C13H14ClN3OS. The lowest BCUT2D eigenvalue weighted by atomic mass is 10.2. The molecule has 1 N–H and O–H groups in total. The van der Waals surface area contributed by atoms with Crippen LogP contribution < -0.4 is 10.1 Å². The van der Waals surface area contributed by atoms with Crippen molar-refractivity contribution >= 4 is 34.9 Å². The van der Waals surface area contributed by atoms with Crippen LogP contribution in [0.15, 0.2) is 29.4 Å². The molecule has 0 fully saturated rings. The molecule has 0 aliphatic carbocycles. The first-order valence-corrected chi connectivity index (χ1v) is 7.23. The van der Waals surface area contributed by atoms with Crippen molar-refractivity contribution in [2.24, 2.45) is 0 Å². The lowest BCUT2D eigenvalue weighted by molar-refractivity contribution is 0.412. The van der Waals surface area contributed by atoms with E-state index in [1.54, 1.807) is 13.2 Å². The molecule has 4 nitrogen and oxygen atoms in total. The summed E-state index contributed by atoms with van der Waals surface area (Å²) < 4.78 is 5.23. The summed E-state index contributed by atoms with van der Waals surface area (Å²) in [5.74, 6) is 1.53. The molecule has 2 aromatic rings. The van der Waals surface area contributed by atoms with Gasteiger partial charge in [0, 0.05) is 11.8 Å². The Morgan fingerprint density at radius 1 is 1.26 bits per heavy atom. The first-order chi connectivity index (χ1) is 9.12. The Hall–Kier alpha value is -1.46. The van der Waals surface area contributed by atoms with Crippen molar-refractivity contribution in [1.29, 1.82) is 0 Å². The highest BCUT2D eigenvalue weighted by Crippen LogP contribution is 2.25. The highest BCUT2D eigenvalue weighted by atomic mass is 35.5. The third-order valence-corrected chi connectivity index (χ3v) is 3.27. The Balaban J connectivity index is 2.25. The van der Waals surface area contributed by atoms with Crippen LogP contribution in [-0.2, 0) is 0 Å². The van der Waals surface area contributed by atoms with Crippen molar-refractivity contribution in [2.45, 2.75) is 12.1 Å². The summed E-state index contributed by atoms with van der Waals surface area (Å²) in [6.45, 7) is 1.99. The Morgan fingerprint density at radius 3 is 2.68 bits per heavy atom. The zero-order valence-electron chi connectivity index (χ0n) is 10.9. The van der Waals surface area contributed by atoms with Crippen molar-refractivity contribution < 1.29 is 4.74 Å². The van der Waals surface area contributed by atoms with Gasteiger partial charge in [0.25, 0.3) is 0 Å². The topological polar surface area (TPSA) is 47.0 Å². The van der Waals surface area contributed by atoms with Crippen molar-refractivity contribution in [3.8, 4) is 5.75 Å². The Labute approximate surface area is 121 Å². The maximum atomic E-state index is 5.95. The second-order valence-corrected chi connectivity index (χ2v) is 5.03. The summed E-state index contributed by atoms with van der Waals surface area (Å²) >= 11 is 7.40. The van der Waals surface area contributed by atoms with E-state index in [2.05, 4.69) is 15.3 Å². The van der Waals surface area contributed by atoms with E-state index in [-0.39, 0.29) is 0 Å². The van der Waals surface area contributed by atoms with E-state index in [1.165, 1.54) is 11.8 Å². The number of hydrogen-bond donors (Lipinski definition) is 1. The number of nitrogens with one attached hydrogen (secondary N) is 1. The van der Waals surface area contributed by atoms with Gasteiger partial charge in [-0.3, -0.25) is 0 Å². The van der Waals surface area contributed by atoms with E-state index in [0.717, 1.165) is 17.0 Å². The number of hydrogen-bond acceptors (Lipinski definition) is 5. The van der Waals surface area contributed by atoms with Gasteiger partial charge in [0.15, 0.2) is 5.16 Å². The molecular weight excluding hydrogens is 282 g/mol. The van der Waals surface area contributed by atoms with Crippen molar-refractivity contribution in [3.63, 3.8) is 0 Å². The summed E-state index contributed by atoms with van der Waals surface area (Å²) in [4.78, 5) is 8.44. The van der Waals surface area contributed by atoms with Crippen LogP contribution in [0.5, 0.6) is 5.75 Å². The minimum Gasteiger partial charge on any atom is -0.496 e. The van der Waals surface area contributed by atoms with E-state index < -0.39 is 0 Å². The standard InChI is InChI=1S/C13H14ClN3OS/c1-8-6-9(4-5-10(8)18-2)15-12-7-11(14)16-13(17-12)19-3/h4-7H,1-3H3,(H,15,16,17). The lowest BCUT2D eigenvalue weighted by Crippen LogP contribution is -1.97. The van der Waals surface area contributed by atoms with Gasteiger partial charge in [0.05, 0.1) is 7.11 Å². The molecule has 0 amide bonds. The average Bonchev–Trinajstić information content (AvgIpc) is 2.38. The van der Waals surface area contributed by atoms with Crippen LogP contribution in [0.25, 0.3) is 0 Å². The fraction of sp³-hybridized carbons (Fsp3) is 0.231.